The second-order valence-electron chi connectivity index (χ2n) is 7.29. The average molecular weight is 418 g/mol. The van der Waals surface area contributed by atoms with E-state index in [1.165, 1.54) is 11.8 Å². The Bertz CT molecular complexity index is 1210. The van der Waals surface area contributed by atoms with Gasteiger partial charge in [-0.15, -0.1) is 0 Å². The Morgan fingerprint density at radius 1 is 0.767 bits per heavy atom. The maximum absolute atomic E-state index is 11.8. The third kappa shape index (κ3) is 4.69. The van der Waals surface area contributed by atoms with Crippen molar-refractivity contribution in [2.75, 3.05) is 6.26 Å². The van der Waals surface area contributed by atoms with Gasteiger partial charge in [0.25, 0.3) is 0 Å². The molecule has 0 aliphatic rings. The number of benzene rings is 3. The molecule has 0 saturated heterocycles. The molecule has 0 N–H and O–H groups in total. The lowest BCUT2D eigenvalue weighted by atomic mass is 10.1. The maximum Gasteiger partial charge on any atom is 0.195 e. The molecule has 1 aromatic heterocycles. The van der Waals surface area contributed by atoms with Gasteiger partial charge >= 0.3 is 0 Å². The molecule has 0 saturated carbocycles. The molecule has 0 atom stereocenters. The Morgan fingerprint density at radius 3 is 2.03 bits per heavy atom. The van der Waals surface area contributed by atoms with Crippen LogP contribution < -0.4 is 0 Å². The van der Waals surface area contributed by atoms with Crippen LogP contribution in [-0.2, 0) is 22.7 Å². The predicted molar refractivity (Wildman–Crippen MR) is 119 cm³/mol. The van der Waals surface area contributed by atoms with Gasteiger partial charge in [0.05, 0.1) is 4.90 Å². The van der Waals surface area contributed by atoms with E-state index in [1.54, 1.807) is 24.3 Å². The van der Waals surface area contributed by atoms with Crippen LogP contribution in [-0.4, -0.2) is 19.7 Å². The molecule has 30 heavy (non-hydrogen) atoms. The summed E-state index contributed by atoms with van der Waals surface area (Å²) in [4.78, 5) is 5.05. The number of aromatic nitrogens is 1. The monoisotopic (exact) mass is 417 g/mol. The van der Waals surface area contributed by atoms with Gasteiger partial charge in [0.15, 0.2) is 21.5 Å². The van der Waals surface area contributed by atoms with E-state index in [-0.39, 0.29) is 0 Å². The third-order valence-electron chi connectivity index (χ3n) is 4.96. The topological polar surface area (TPSA) is 60.2 Å². The number of sulfone groups is 1. The minimum atomic E-state index is -3.24. The summed E-state index contributed by atoms with van der Waals surface area (Å²) in [5.74, 6) is 1.39. The molecule has 5 heteroatoms. The summed E-state index contributed by atoms with van der Waals surface area (Å²) in [6.45, 7) is 0. The maximum atomic E-state index is 11.8. The highest BCUT2D eigenvalue weighted by molar-refractivity contribution is 7.90. The molecule has 0 aliphatic heterocycles. The van der Waals surface area contributed by atoms with E-state index in [9.17, 15) is 8.42 Å². The molecule has 0 bridgehead atoms. The largest absolute Gasteiger partial charge is 0.440 e. The lowest BCUT2D eigenvalue weighted by Crippen LogP contribution is -1.96. The van der Waals surface area contributed by atoms with Crippen LogP contribution in [0.25, 0.3) is 22.6 Å². The van der Waals surface area contributed by atoms with Gasteiger partial charge in [-0.25, -0.2) is 13.4 Å². The molecular weight excluding hydrogens is 394 g/mol. The smallest absolute Gasteiger partial charge is 0.195 e. The first-order valence-electron chi connectivity index (χ1n) is 9.90. The highest BCUT2D eigenvalue weighted by Gasteiger charge is 2.17. The Kier molecular flexibility index (Phi) is 5.81. The van der Waals surface area contributed by atoms with Crippen molar-refractivity contribution in [1.29, 1.82) is 0 Å². The second kappa shape index (κ2) is 8.67. The van der Waals surface area contributed by atoms with E-state index in [4.69, 9.17) is 9.40 Å². The summed E-state index contributed by atoms with van der Waals surface area (Å²) in [6.07, 6.45) is 3.84. The van der Waals surface area contributed by atoms with Crippen molar-refractivity contribution in [2.45, 2.75) is 24.2 Å². The zero-order chi connectivity index (χ0) is 21.0. The van der Waals surface area contributed by atoms with Gasteiger partial charge in [-0.05, 0) is 30.5 Å². The van der Waals surface area contributed by atoms with E-state index in [0.717, 1.165) is 36.1 Å². The minimum Gasteiger partial charge on any atom is -0.440 e. The number of hydrogen-bond acceptors (Lipinski definition) is 4. The molecule has 3 aromatic carbocycles. The van der Waals surface area contributed by atoms with Crippen molar-refractivity contribution >= 4 is 9.84 Å². The first-order valence-corrected chi connectivity index (χ1v) is 11.8. The van der Waals surface area contributed by atoms with Crippen molar-refractivity contribution in [1.82, 2.24) is 4.98 Å². The standard InChI is InChI=1S/C25H23NO3S/c1-30(27,28)22-17-15-20(16-18-22)24-25(21-12-6-3-7-13-21)29-23(26-24)14-8-11-19-9-4-2-5-10-19/h2-7,9-10,12-13,15-18H,8,11,14H2,1H3. The van der Waals surface area contributed by atoms with E-state index >= 15 is 0 Å². The van der Waals surface area contributed by atoms with Crippen molar-refractivity contribution in [3.63, 3.8) is 0 Å². The summed E-state index contributed by atoms with van der Waals surface area (Å²) in [7, 11) is -3.24. The van der Waals surface area contributed by atoms with Gasteiger partial charge in [-0.3, -0.25) is 0 Å². The van der Waals surface area contributed by atoms with Crippen molar-refractivity contribution in [3.05, 3.63) is 96.4 Å². The number of rotatable bonds is 7. The van der Waals surface area contributed by atoms with Crippen LogP contribution in [0, 0.1) is 0 Å². The van der Waals surface area contributed by atoms with Crippen LogP contribution in [0.1, 0.15) is 17.9 Å². The molecule has 4 nitrogen and oxygen atoms in total. The Hall–Kier alpha value is -3.18. The fourth-order valence-corrected chi connectivity index (χ4v) is 4.03. The van der Waals surface area contributed by atoms with Gasteiger partial charge < -0.3 is 4.42 Å². The van der Waals surface area contributed by atoms with Crippen molar-refractivity contribution < 1.29 is 12.8 Å². The number of nitrogens with zero attached hydrogens (tertiary/aromatic N) is 1. The first kappa shape index (κ1) is 20.1. The lowest BCUT2D eigenvalue weighted by molar-refractivity contribution is 0.498. The van der Waals surface area contributed by atoms with Crippen LogP contribution in [0.3, 0.4) is 0 Å². The third-order valence-corrected chi connectivity index (χ3v) is 6.09. The summed E-state index contributed by atoms with van der Waals surface area (Å²) < 4.78 is 29.7. The van der Waals surface area contributed by atoms with Crippen LogP contribution in [0.5, 0.6) is 0 Å². The molecular formula is C25H23NO3S. The molecule has 0 fully saturated rings. The molecule has 0 spiro atoms. The molecule has 0 amide bonds. The molecule has 0 radical (unpaired) electrons. The van der Waals surface area contributed by atoms with Gasteiger partial charge in [0, 0.05) is 23.8 Å². The van der Waals surface area contributed by atoms with E-state index in [1.807, 2.05) is 48.5 Å². The number of oxazole rings is 1. The van der Waals surface area contributed by atoms with Crippen molar-refractivity contribution in [3.8, 4) is 22.6 Å². The highest BCUT2D eigenvalue weighted by Crippen LogP contribution is 2.33. The molecule has 1 heterocycles. The normalized spacial score (nSPS) is 11.5. The fraction of sp³-hybridized carbons (Fsp3) is 0.160. The lowest BCUT2D eigenvalue weighted by Gasteiger charge is -2.03. The SMILES string of the molecule is CS(=O)(=O)c1ccc(-c2nc(CCCc3ccccc3)oc2-c2ccccc2)cc1. The Labute approximate surface area is 177 Å². The van der Waals surface area contributed by atoms with Gasteiger partial charge in [0.2, 0.25) is 0 Å². The average Bonchev–Trinajstić information content (AvgIpc) is 3.19. The van der Waals surface area contributed by atoms with Gasteiger partial charge in [-0.1, -0.05) is 72.8 Å². The zero-order valence-corrected chi connectivity index (χ0v) is 17.6. The van der Waals surface area contributed by atoms with E-state index in [0.29, 0.717) is 16.5 Å². The van der Waals surface area contributed by atoms with E-state index < -0.39 is 9.84 Å². The van der Waals surface area contributed by atoms with Crippen LogP contribution >= 0.6 is 0 Å². The first-order chi connectivity index (χ1) is 14.5. The van der Waals surface area contributed by atoms with Crippen LogP contribution in [0.2, 0.25) is 0 Å². The van der Waals surface area contributed by atoms with Gasteiger partial charge in [-0.2, -0.15) is 0 Å². The highest BCUT2D eigenvalue weighted by atomic mass is 32.2. The summed E-state index contributed by atoms with van der Waals surface area (Å²) >= 11 is 0. The Balaban J connectivity index is 1.63. The summed E-state index contributed by atoms with van der Waals surface area (Å²) in [5, 5.41) is 0. The minimum absolute atomic E-state index is 0.291. The second-order valence-corrected chi connectivity index (χ2v) is 9.30. The zero-order valence-electron chi connectivity index (χ0n) is 16.8. The van der Waals surface area contributed by atoms with Gasteiger partial charge in [0.1, 0.15) is 5.69 Å². The molecule has 4 rings (SSSR count). The molecule has 152 valence electrons. The predicted octanol–water partition coefficient (Wildman–Crippen LogP) is 5.59. The molecule has 0 aliphatic carbocycles. The van der Waals surface area contributed by atoms with E-state index in [2.05, 4.69) is 12.1 Å². The van der Waals surface area contributed by atoms with Crippen LogP contribution in [0.15, 0.2) is 94.2 Å². The van der Waals surface area contributed by atoms with Crippen LogP contribution in [0.4, 0.5) is 0 Å². The molecule has 0 unspecified atom stereocenters. The number of hydrogen-bond donors (Lipinski definition) is 0. The summed E-state index contributed by atoms with van der Waals surface area (Å²) in [5.41, 5.74) is 3.81. The Morgan fingerprint density at radius 2 is 1.40 bits per heavy atom. The van der Waals surface area contributed by atoms with Crippen molar-refractivity contribution in [2.24, 2.45) is 0 Å². The fourth-order valence-electron chi connectivity index (χ4n) is 3.40. The molecule has 4 aromatic rings. The number of aryl methyl sites for hydroxylation is 2. The quantitative estimate of drug-likeness (QED) is 0.393. The summed E-state index contributed by atoms with van der Waals surface area (Å²) in [6, 6.07) is 27.0.